The average Bonchev–Trinajstić information content (AvgIpc) is 2.65. The molecule has 2 amide bonds. The van der Waals surface area contributed by atoms with Crippen molar-refractivity contribution in [3.63, 3.8) is 0 Å². The smallest absolute Gasteiger partial charge is 0.315 e. The number of ether oxygens (including phenoxy) is 1. The fourth-order valence-electron chi connectivity index (χ4n) is 3.04. The first kappa shape index (κ1) is 18.5. The molecule has 138 valence electrons. The molecular weight excluding hydrogens is 350 g/mol. The SMILES string of the molecule is Cc1ccc(OC2CCC(NC(=O)NCc3ccc(Cl)cc3)CC2)nc1. The van der Waals surface area contributed by atoms with E-state index in [9.17, 15) is 4.79 Å². The van der Waals surface area contributed by atoms with E-state index in [-0.39, 0.29) is 18.2 Å². The van der Waals surface area contributed by atoms with Crippen LogP contribution in [0.15, 0.2) is 42.6 Å². The van der Waals surface area contributed by atoms with E-state index in [1.165, 1.54) is 0 Å². The molecule has 1 saturated carbocycles. The Morgan fingerprint density at radius 3 is 2.54 bits per heavy atom. The molecule has 5 nitrogen and oxygen atoms in total. The lowest BCUT2D eigenvalue weighted by Gasteiger charge is -2.29. The molecule has 1 fully saturated rings. The standard InChI is InChI=1S/C20H24ClN3O2/c1-14-2-11-19(22-12-14)26-18-9-7-17(8-10-18)24-20(25)23-13-15-3-5-16(21)6-4-15/h2-6,11-12,17-18H,7-10,13H2,1H3,(H2,23,24,25). The first-order chi connectivity index (χ1) is 12.6. The van der Waals surface area contributed by atoms with Crippen molar-refractivity contribution in [1.29, 1.82) is 0 Å². The first-order valence-corrected chi connectivity index (χ1v) is 9.34. The molecule has 3 rings (SSSR count). The lowest BCUT2D eigenvalue weighted by Crippen LogP contribution is -2.44. The second-order valence-electron chi connectivity index (χ2n) is 6.72. The zero-order valence-corrected chi connectivity index (χ0v) is 15.6. The van der Waals surface area contributed by atoms with Gasteiger partial charge < -0.3 is 15.4 Å². The summed E-state index contributed by atoms with van der Waals surface area (Å²) >= 11 is 5.86. The lowest BCUT2D eigenvalue weighted by molar-refractivity contribution is 0.135. The van der Waals surface area contributed by atoms with E-state index in [2.05, 4.69) is 15.6 Å². The van der Waals surface area contributed by atoms with Crippen LogP contribution >= 0.6 is 11.6 Å². The monoisotopic (exact) mass is 373 g/mol. The zero-order chi connectivity index (χ0) is 18.4. The highest BCUT2D eigenvalue weighted by Gasteiger charge is 2.23. The van der Waals surface area contributed by atoms with Crippen molar-refractivity contribution in [3.8, 4) is 5.88 Å². The molecule has 0 saturated heterocycles. The van der Waals surface area contributed by atoms with Crippen molar-refractivity contribution in [2.75, 3.05) is 0 Å². The van der Waals surface area contributed by atoms with Crippen LogP contribution in [0, 0.1) is 6.92 Å². The molecule has 0 radical (unpaired) electrons. The Hall–Kier alpha value is -2.27. The average molecular weight is 374 g/mol. The van der Waals surface area contributed by atoms with Crippen molar-refractivity contribution in [2.45, 2.75) is 51.3 Å². The van der Waals surface area contributed by atoms with Gasteiger partial charge in [0.1, 0.15) is 6.10 Å². The number of hydrogen-bond donors (Lipinski definition) is 2. The highest BCUT2D eigenvalue weighted by Crippen LogP contribution is 2.23. The van der Waals surface area contributed by atoms with Gasteiger partial charge in [0, 0.05) is 29.9 Å². The number of halogens is 1. The fraction of sp³-hybridized carbons (Fsp3) is 0.400. The van der Waals surface area contributed by atoms with Crippen molar-refractivity contribution in [3.05, 3.63) is 58.7 Å². The van der Waals surface area contributed by atoms with Crippen LogP contribution < -0.4 is 15.4 Å². The Labute approximate surface area is 159 Å². The molecule has 1 aromatic heterocycles. The third-order valence-electron chi connectivity index (χ3n) is 4.55. The van der Waals surface area contributed by atoms with Crippen molar-refractivity contribution in [1.82, 2.24) is 15.6 Å². The summed E-state index contributed by atoms with van der Waals surface area (Å²) in [5.41, 5.74) is 2.14. The Bertz CT molecular complexity index is 711. The quantitative estimate of drug-likeness (QED) is 0.824. The van der Waals surface area contributed by atoms with Gasteiger partial charge in [-0.25, -0.2) is 9.78 Å². The summed E-state index contributed by atoms with van der Waals surface area (Å²) in [6.45, 7) is 2.49. The summed E-state index contributed by atoms with van der Waals surface area (Å²) in [6.07, 6.45) is 5.62. The number of aryl methyl sites for hydroxylation is 1. The molecule has 6 heteroatoms. The molecule has 1 aliphatic rings. The van der Waals surface area contributed by atoms with E-state index in [1.807, 2.05) is 49.5 Å². The zero-order valence-electron chi connectivity index (χ0n) is 14.9. The Balaban J connectivity index is 1.37. The lowest BCUT2D eigenvalue weighted by atomic mass is 9.93. The highest BCUT2D eigenvalue weighted by atomic mass is 35.5. The largest absolute Gasteiger partial charge is 0.474 e. The van der Waals surface area contributed by atoms with E-state index in [4.69, 9.17) is 16.3 Å². The van der Waals surface area contributed by atoms with Gasteiger partial charge in [-0.2, -0.15) is 0 Å². The number of aromatic nitrogens is 1. The number of carbonyl (C=O) groups is 1. The molecule has 1 aliphatic carbocycles. The summed E-state index contributed by atoms with van der Waals surface area (Å²) in [6, 6.07) is 11.4. The Morgan fingerprint density at radius 2 is 1.88 bits per heavy atom. The van der Waals surface area contributed by atoms with E-state index in [0.717, 1.165) is 36.8 Å². The molecule has 0 spiro atoms. The van der Waals surface area contributed by atoms with E-state index >= 15 is 0 Å². The second kappa shape index (κ2) is 8.90. The van der Waals surface area contributed by atoms with Crippen molar-refractivity contribution in [2.24, 2.45) is 0 Å². The number of pyridine rings is 1. The minimum Gasteiger partial charge on any atom is -0.474 e. The summed E-state index contributed by atoms with van der Waals surface area (Å²) in [5.74, 6) is 0.674. The number of nitrogens with one attached hydrogen (secondary N) is 2. The van der Waals surface area contributed by atoms with Crippen molar-refractivity contribution < 1.29 is 9.53 Å². The van der Waals surface area contributed by atoms with Gasteiger partial charge in [0.05, 0.1) is 0 Å². The second-order valence-corrected chi connectivity index (χ2v) is 7.16. The third kappa shape index (κ3) is 5.63. The molecule has 0 bridgehead atoms. The van der Waals surface area contributed by atoms with Crippen molar-refractivity contribution >= 4 is 17.6 Å². The van der Waals surface area contributed by atoms with Crippen LogP contribution in [-0.4, -0.2) is 23.2 Å². The van der Waals surface area contributed by atoms with Crippen LogP contribution in [0.3, 0.4) is 0 Å². The fourth-order valence-corrected chi connectivity index (χ4v) is 3.17. The summed E-state index contributed by atoms with van der Waals surface area (Å²) < 4.78 is 5.93. The highest BCUT2D eigenvalue weighted by molar-refractivity contribution is 6.30. The third-order valence-corrected chi connectivity index (χ3v) is 4.80. The van der Waals surface area contributed by atoms with Crippen LogP contribution in [0.25, 0.3) is 0 Å². The van der Waals surface area contributed by atoms with Gasteiger partial charge in [0.15, 0.2) is 0 Å². The van der Waals surface area contributed by atoms with Gasteiger partial charge in [-0.3, -0.25) is 0 Å². The summed E-state index contributed by atoms with van der Waals surface area (Å²) in [7, 11) is 0. The van der Waals surface area contributed by atoms with Crippen LogP contribution in [0.5, 0.6) is 5.88 Å². The number of urea groups is 1. The van der Waals surface area contributed by atoms with Crippen LogP contribution in [0.4, 0.5) is 4.79 Å². The topological polar surface area (TPSA) is 63.2 Å². The van der Waals surface area contributed by atoms with E-state index in [0.29, 0.717) is 17.4 Å². The minimum atomic E-state index is -0.135. The first-order valence-electron chi connectivity index (χ1n) is 8.96. The maximum atomic E-state index is 12.1. The molecule has 26 heavy (non-hydrogen) atoms. The predicted molar refractivity (Wildman–Crippen MR) is 102 cm³/mol. The number of rotatable bonds is 5. The molecule has 1 aromatic carbocycles. The number of hydrogen-bond acceptors (Lipinski definition) is 3. The Morgan fingerprint density at radius 1 is 1.15 bits per heavy atom. The van der Waals surface area contributed by atoms with Crippen LogP contribution in [0.1, 0.15) is 36.8 Å². The van der Waals surface area contributed by atoms with E-state index in [1.54, 1.807) is 0 Å². The summed E-state index contributed by atoms with van der Waals surface area (Å²) in [4.78, 5) is 16.4. The number of carbonyl (C=O) groups excluding carboxylic acids is 1. The van der Waals surface area contributed by atoms with Gasteiger partial charge >= 0.3 is 6.03 Å². The number of nitrogens with zero attached hydrogens (tertiary/aromatic N) is 1. The molecule has 0 aliphatic heterocycles. The summed E-state index contributed by atoms with van der Waals surface area (Å²) in [5, 5.41) is 6.63. The molecule has 2 N–H and O–H groups in total. The van der Waals surface area contributed by atoms with Gasteiger partial charge in [0.2, 0.25) is 5.88 Å². The van der Waals surface area contributed by atoms with Gasteiger partial charge in [-0.05, 0) is 55.9 Å². The molecule has 0 unspecified atom stereocenters. The molecule has 2 aromatic rings. The maximum absolute atomic E-state index is 12.1. The molecule has 0 atom stereocenters. The normalized spacial score (nSPS) is 19.6. The minimum absolute atomic E-state index is 0.135. The van der Waals surface area contributed by atoms with Gasteiger partial charge in [-0.1, -0.05) is 29.8 Å². The van der Waals surface area contributed by atoms with Gasteiger partial charge in [-0.15, -0.1) is 0 Å². The van der Waals surface area contributed by atoms with Crippen LogP contribution in [-0.2, 0) is 6.54 Å². The molecule has 1 heterocycles. The van der Waals surface area contributed by atoms with Gasteiger partial charge in [0.25, 0.3) is 0 Å². The number of benzene rings is 1. The van der Waals surface area contributed by atoms with Crippen LogP contribution in [0.2, 0.25) is 5.02 Å². The molecular formula is C20H24ClN3O2. The maximum Gasteiger partial charge on any atom is 0.315 e. The Kier molecular flexibility index (Phi) is 6.34. The number of amides is 2. The predicted octanol–water partition coefficient (Wildman–Crippen LogP) is 4.23. The van der Waals surface area contributed by atoms with E-state index < -0.39 is 0 Å².